The zero-order chi connectivity index (χ0) is 17.1. The van der Waals surface area contributed by atoms with Crippen molar-refractivity contribution >= 4 is 23.2 Å². The van der Waals surface area contributed by atoms with Crippen molar-refractivity contribution in [3.05, 3.63) is 56.8 Å². The molecular formula is C19H22N2O2S. The molecule has 1 aromatic carbocycles. The third-order valence-corrected chi connectivity index (χ3v) is 5.66. The molecule has 2 aromatic rings. The van der Waals surface area contributed by atoms with Crippen LogP contribution in [-0.4, -0.2) is 23.3 Å². The highest BCUT2D eigenvalue weighted by Crippen LogP contribution is 2.28. The molecule has 4 nitrogen and oxygen atoms in total. The van der Waals surface area contributed by atoms with Crippen LogP contribution in [0, 0.1) is 0 Å². The predicted octanol–water partition coefficient (Wildman–Crippen LogP) is 3.15. The second-order valence-corrected chi connectivity index (χ2v) is 7.24. The number of amides is 2. The number of carbonyl (C=O) groups is 2. The lowest BCUT2D eigenvalue weighted by molar-refractivity contribution is -0.129. The van der Waals surface area contributed by atoms with Gasteiger partial charge in [0.25, 0.3) is 5.91 Å². The highest BCUT2D eigenvalue weighted by Gasteiger charge is 2.22. The van der Waals surface area contributed by atoms with Gasteiger partial charge in [-0.05, 0) is 35.6 Å². The molecule has 0 aliphatic carbocycles. The zero-order valence-electron chi connectivity index (χ0n) is 14.1. The van der Waals surface area contributed by atoms with E-state index in [4.69, 9.17) is 0 Å². The summed E-state index contributed by atoms with van der Waals surface area (Å²) in [5, 5.41) is 2.99. The third-order valence-electron chi connectivity index (χ3n) is 4.42. The van der Waals surface area contributed by atoms with Gasteiger partial charge < -0.3 is 10.2 Å². The predicted molar refractivity (Wildman–Crippen MR) is 96.1 cm³/mol. The Morgan fingerprint density at radius 1 is 1.21 bits per heavy atom. The third kappa shape index (κ3) is 3.67. The van der Waals surface area contributed by atoms with Gasteiger partial charge in [-0.15, -0.1) is 11.3 Å². The largest absolute Gasteiger partial charge is 0.347 e. The van der Waals surface area contributed by atoms with Crippen molar-refractivity contribution in [1.82, 2.24) is 10.2 Å². The Hall–Kier alpha value is -2.14. The van der Waals surface area contributed by atoms with E-state index in [0.717, 1.165) is 35.4 Å². The van der Waals surface area contributed by atoms with Gasteiger partial charge in [-0.2, -0.15) is 0 Å². The van der Waals surface area contributed by atoms with E-state index in [1.54, 1.807) is 18.3 Å². The van der Waals surface area contributed by atoms with Crippen molar-refractivity contribution in [2.45, 2.75) is 39.8 Å². The molecule has 2 heterocycles. The van der Waals surface area contributed by atoms with Crippen LogP contribution < -0.4 is 5.32 Å². The molecule has 2 amide bonds. The molecule has 0 bridgehead atoms. The summed E-state index contributed by atoms with van der Waals surface area (Å²) >= 11 is 1.55. The molecule has 1 N–H and O–H groups in total. The minimum atomic E-state index is -0.0386. The first-order valence-corrected chi connectivity index (χ1v) is 9.11. The molecule has 24 heavy (non-hydrogen) atoms. The van der Waals surface area contributed by atoms with E-state index in [-0.39, 0.29) is 11.8 Å². The molecule has 1 aliphatic rings. The highest BCUT2D eigenvalue weighted by molar-refractivity contribution is 7.14. The molecule has 0 unspecified atom stereocenters. The van der Waals surface area contributed by atoms with E-state index >= 15 is 0 Å². The van der Waals surface area contributed by atoms with Crippen molar-refractivity contribution < 1.29 is 9.59 Å². The maximum absolute atomic E-state index is 12.4. The molecule has 5 heteroatoms. The Morgan fingerprint density at radius 2 is 1.92 bits per heavy atom. The Kier molecular flexibility index (Phi) is 5.00. The second-order valence-electron chi connectivity index (χ2n) is 6.10. The van der Waals surface area contributed by atoms with Crippen LogP contribution in [0.3, 0.4) is 0 Å². The first-order valence-electron chi connectivity index (χ1n) is 8.30. The first kappa shape index (κ1) is 16.7. The first-order chi connectivity index (χ1) is 11.6. The van der Waals surface area contributed by atoms with E-state index in [2.05, 4.69) is 36.5 Å². The Balaban J connectivity index is 1.62. The zero-order valence-corrected chi connectivity index (χ0v) is 14.9. The Labute approximate surface area is 146 Å². The number of hydrogen-bond donors (Lipinski definition) is 1. The minimum absolute atomic E-state index is 0.0386. The Bertz CT molecular complexity index is 749. The average molecular weight is 342 g/mol. The molecule has 0 spiro atoms. The van der Waals surface area contributed by atoms with Crippen LogP contribution in [0.1, 0.15) is 45.1 Å². The standard InChI is InChI=1S/C19H22N2O2S/c1-3-14-4-6-15(7-5-14)11-20-19(23)18-10-16-12-21(13(2)22)9-8-17(16)24-18/h4-7,10H,3,8-9,11-12H2,1-2H3,(H,20,23). The molecule has 1 aliphatic heterocycles. The van der Waals surface area contributed by atoms with Crippen LogP contribution >= 0.6 is 11.3 Å². The molecule has 0 fully saturated rings. The number of rotatable bonds is 4. The lowest BCUT2D eigenvalue weighted by Gasteiger charge is -2.25. The lowest BCUT2D eigenvalue weighted by Crippen LogP contribution is -2.33. The monoisotopic (exact) mass is 342 g/mol. The fourth-order valence-corrected chi connectivity index (χ4v) is 3.96. The number of aryl methyl sites for hydroxylation is 1. The van der Waals surface area contributed by atoms with Crippen LogP contribution in [0.4, 0.5) is 0 Å². The van der Waals surface area contributed by atoms with Gasteiger partial charge in [0.05, 0.1) is 4.88 Å². The summed E-state index contributed by atoms with van der Waals surface area (Å²) in [6.07, 6.45) is 1.86. The average Bonchev–Trinajstić information content (AvgIpc) is 3.03. The summed E-state index contributed by atoms with van der Waals surface area (Å²) in [7, 11) is 0. The summed E-state index contributed by atoms with van der Waals surface area (Å²) in [6, 6.07) is 10.3. The molecule has 0 radical (unpaired) electrons. The molecule has 0 atom stereocenters. The number of benzene rings is 1. The van der Waals surface area contributed by atoms with Crippen LogP contribution in [0.5, 0.6) is 0 Å². The van der Waals surface area contributed by atoms with E-state index in [0.29, 0.717) is 13.1 Å². The number of carbonyl (C=O) groups excluding carboxylic acids is 2. The van der Waals surface area contributed by atoms with Gasteiger partial charge in [0.15, 0.2) is 0 Å². The van der Waals surface area contributed by atoms with Crippen molar-refractivity contribution in [2.75, 3.05) is 6.54 Å². The maximum Gasteiger partial charge on any atom is 0.261 e. The van der Waals surface area contributed by atoms with E-state index in [1.165, 1.54) is 10.4 Å². The van der Waals surface area contributed by atoms with Crippen molar-refractivity contribution in [2.24, 2.45) is 0 Å². The second kappa shape index (κ2) is 7.18. The minimum Gasteiger partial charge on any atom is -0.347 e. The summed E-state index contributed by atoms with van der Waals surface area (Å²) < 4.78 is 0. The van der Waals surface area contributed by atoms with Crippen LogP contribution in [0.15, 0.2) is 30.3 Å². The number of thiophene rings is 1. The van der Waals surface area contributed by atoms with Gasteiger partial charge in [-0.1, -0.05) is 31.2 Å². The van der Waals surface area contributed by atoms with Gasteiger partial charge >= 0.3 is 0 Å². The molecule has 0 saturated carbocycles. The summed E-state index contributed by atoms with van der Waals surface area (Å²) in [5.74, 6) is 0.0525. The van der Waals surface area contributed by atoms with Crippen LogP contribution in [0.2, 0.25) is 0 Å². The van der Waals surface area contributed by atoms with Gasteiger partial charge in [-0.25, -0.2) is 0 Å². The number of nitrogens with zero attached hydrogens (tertiary/aromatic N) is 1. The van der Waals surface area contributed by atoms with Gasteiger partial charge in [0.2, 0.25) is 5.91 Å². The molecular weight excluding hydrogens is 320 g/mol. The highest BCUT2D eigenvalue weighted by atomic mass is 32.1. The van der Waals surface area contributed by atoms with Crippen LogP contribution in [0.25, 0.3) is 0 Å². The topological polar surface area (TPSA) is 49.4 Å². The number of nitrogens with one attached hydrogen (secondary N) is 1. The van der Waals surface area contributed by atoms with E-state index in [1.807, 2.05) is 11.0 Å². The van der Waals surface area contributed by atoms with Gasteiger partial charge in [0, 0.05) is 31.4 Å². The normalized spacial score (nSPS) is 13.5. The fraction of sp³-hybridized carbons (Fsp3) is 0.368. The molecule has 0 saturated heterocycles. The summed E-state index contributed by atoms with van der Waals surface area (Å²) in [6.45, 7) is 5.61. The molecule has 1 aromatic heterocycles. The summed E-state index contributed by atoms with van der Waals surface area (Å²) in [4.78, 5) is 27.7. The van der Waals surface area contributed by atoms with E-state index < -0.39 is 0 Å². The SMILES string of the molecule is CCc1ccc(CNC(=O)c2cc3c(s2)CCN(C(C)=O)C3)cc1. The molecule has 126 valence electrons. The quantitative estimate of drug-likeness (QED) is 0.928. The van der Waals surface area contributed by atoms with Crippen molar-refractivity contribution in [3.8, 4) is 0 Å². The smallest absolute Gasteiger partial charge is 0.261 e. The van der Waals surface area contributed by atoms with Crippen molar-refractivity contribution in [1.29, 1.82) is 0 Å². The van der Waals surface area contributed by atoms with Gasteiger partial charge in [-0.3, -0.25) is 9.59 Å². The lowest BCUT2D eigenvalue weighted by atomic mass is 10.1. The Morgan fingerprint density at radius 3 is 2.58 bits per heavy atom. The fourth-order valence-electron chi connectivity index (χ4n) is 2.88. The number of hydrogen-bond acceptors (Lipinski definition) is 3. The summed E-state index contributed by atoms with van der Waals surface area (Å²) in [5.41, 5.74) is 3.51. The van der Waals surface area contributed by atoms with Crippen molar-refractivity contribution in [3.63, 3.8) is 0 Å². The maximum atomic E-state index is 12.4. The van der Waals surface area contributed by atoms with Gasteiger partial charge in [0.1, 0.15) is 0 Å². The molecule has 3 rings (SSSR count). The number of fused-ring (bicyclic) bond motifs is 1. The van der Waals surface area contributed by atoms with E-state index in [9.17, 15) is 9.59 Å². The van der Waals surface area contributed by atoms with Crippen LogP contribution in [-0.2, 0) is 30.7 Å².